The molecule has 0 fully saturated rings. The Kier molecular flexibility index (Phi) is 4.05. The second-order valence-corrected chi connectivity index (χ2v) is 3.78. The molecule has 0 aliphatic rings. The fraction of sp³-hybridized carbons (Fsp3) is 0.545. The molecule has 0 bridgehead atoms. The van der Waals surface area contributed by atoms with Crippen LogP contribution in [0, 0.1) is 6.92 Å². The second kappa shape index (κ2) is 5.09. The van der Waals surface area contributed by atoms with E-state index in [2.05, 4.69) is 4.98 Å². The van der Waals surface area contributed by atoms with Crippen molar-refractivity contribution in [2.75, 3.05) is 18.6 Å². The molecule has 1 heterocycles. The summed E-state index contributed by atoms with van der Waals surface area (Å²) in [6.45, 7) is 4.47. The second-order valence-electron chi connectivity index (χ2n) is 3.78. The molecule has 0 aliphatic carbocycles. The molecule has 1 unspecified atom stereocenters. The van der Waals surface area contributed by atoms with Crippen LogP contribution in [0.25, 0.3) is 0 Å². The van der Waals surface area contributed by atoms with Gasteiger partial charge in [0, 0.05) is 24.8 Å². The number of aryl methyl sites for hydroxylation is 1. The van der Waals surface area contributed by atoms with Crippen LogP contribution in [0.2, 0.25) is 0 Å². The van der Waals surface area contributed by atoms with Crippen molar-refractivity contribution in [1.82, 2.24) is 4.98 Å². The lowest BCUT2D eigenvalue weighted by molar-refractivity contribution is 0.269. The number of hydrogen-bond donors (Lipinski definition) is 2. The molecule has 4 heteroatoms. The van der Waals surface area contributed by atoms with Crippen molar-refractivity contribution in [2.45, 2.75) is 26.4 Å². The molecule has 0 aliphatic heterocycles. The molecule has 0 spiro atoms. The zero-order chi connectivity index (χ0) is 11.4. The molecule has 1 rings (SSSR count). The van der Waals surface area contributed by atoms with Crippen LogP contribution in [0.4, 0.5) is 5.82 Å². The summed E-state index contributed by atoms with van der Waals surface area (Å²) in [6, 6.07) is 3.98. The molecule has 0 amide bonds. The Bertz CT molecular complexity index is 328. The molecule has 0 saturated heterocycles. The highest BCUT2D eigenvalue weighted by molar-refractivity contribution is 5.47. The highest BCUT2D eigenvalue weighted by Crippen LogP contribution is 2.18. The van der Waals surface area contributed by atoms with Gasteiger partial charge in [0.1, 0.15) is 5.82 Å². The summed E-state index contributed by atoms with van der Waals surface area (Å²) < 4.78 is 0. The fourth-order valence-corrected chi connectivity index (χ4v) is 1.37. The van der Waals surface area contributed by atoms with Gasteiger partial charge in [-0.1, -0.05) is 6.07 Å². The number of nitrogens with zero attached hydrogens (tertiary/aromatic N) is 2. The molecule has 84 valence electrons. The van der Waals surface area contributed by atoms with Crippen molar-refractivity contribution in [3.63, 3.8) is 0 Å². The van der Waals surface area contributed by atoms with Gasteiger partial charge in [-0.2, -0.15) is 0 Å². The van der Waals surface area contributed by atoms with Gasteiger partial charge >= 0.3 is 0 Å². The summed E-state index contributed by atoms with van der Waals surface area (Å²) in [5.41, 5.74) is 7.61. The molecule has 0 radical (unpaired) electrons. The third kappa shape index (κ3) is 2.67. The van der Waals surface area contributed by atoms with Crippen LogP contribution in [0.15, 0.2) is 12.1 Å². The number of aromatic nitrogens is 1. The van der Waals surface area contributed by atoms with Gasteiger partial charge in [0.25, 0.3) is 0 Å². The number of nitrogens with two attached hydrogens (primary N) is 1. The highest BCUT2D eigenvalue weighted by atomic mass is 16.3. The SMILES string of the molecule is Cc1ccc(CN)c(N(C)C(C)CO)n1. The molecule has 3 N–H and O–H groups in total. The van der Waals surface area contributed by atoms with Crippen LogP contribution in [0.5, 0.6) is 0 Å². The van der Waals surface area contributed by atoms with Crippen molar-refractivity contribution in [2.24, 2.45) is 5.73 Å². The van der Waals surface area contributed by atoms with Crippen molar-refractivity contribution in [3.8, 4) is 0 Å². The molecule has 1 atom stereocenters. The molecule has 15 heavy (non-hydrogen) atoms. The van der Waals surface area contributed by atoms with Crippen molar-refractivity contribution in [3.05, 3.63) is 23.4 Å². The summed E-state index contributed by atoms with van der Waals surface area (Å²) in [4.78, 5) is 6.40. The summed E-state index contributed by atoms with van der Waals surface area (Å²) in [5, 5.41) is 9.10. The van der Waals surface area contributed by atoms with Crippen LogP contribution in [-0.2, 0) is 6.54 Å². The minimum atomic E-state index is 0.0459. The minimum absolute atomic E-state index is 0.0459. The van der Waals surface area contributed by atoms with E-state index in [9.17, 15) is 0 Å². The molecular formula is C11H19N3O. The normalized spacial score (nSPS) is 12.6. The number of aliphatic hydroxyl groups is 1. The van der Waals surface area contributed by atoms with E-state index < -0.39 is 0 Å². The van der Waals surface area contributed by atoms with E-state index in [1.807, 2.05) is 37.9 Å². The summed E-state index contributed by atoms with van der Waals surface area (Å²) in [5.74, 6) is 0.860. The van der Waals surface area contributed by atoms with E-state index in [1.54, 1.807) is 0 Å². The first-order valence-corrected chi connectivity index (χ1v) is 5.10. The summed E-state index contributed by atoms with van der Waals surface area (Å²) in [6.07, 6.45) is 0. The highest BCUT2D eigenvalue weighted by Gasteiger charge is 2.13. The van der Waals surface area contributed by atoms with Gasteiger partial charge in [-0.15, -0.1) is 0 Å². The molecule has 1 aromatic rings. The van der Waals surface area contributed by atoms with E-state index in [-0.39, 0.29) is 12.6 Å². The average Bonchev–Trinajstić information content (AvgIpc) is 2.27. The van der Waals surface area contributed by atoms with Gasteiger partial charge in [-0.25, -0.2) is 4.98 Å². The van der Waals surface area contributed by atoms with E-state index in [0.29, 0.717) is 6.54 Å². The maximum Gasteiger partial charge on any atom is 0.133 e. The minimum Gasteiger partial charge on any atom is -0.394 e. The van der Waals surface area contributed by atoms with Crippen LogP contribution >= 0.6 is 0 Å². The van der Waals surface area contributed by atoms with Crippen molar-refractivity contribution < 1.29 is 5.11 Å². The lowest BCUT2D eigenvalue weighted by Crippen LogP contribution is -2.33. The predicted molar refractivity (Wildman–Crippen MR) is 61.8 cm³/mol. The molecular weight excluding hydrogens is 190 g/mol. The molecule has 0 saturated carbocycles. The van der Waals surface area contributed by atoms with Gasteiger partial charge in [0.15, 0.2) is 0 Å². The predicted octanol–water partition coefficient (Wildman–Crippen LogP) is 0.666. The maximum absolute atomic E-state index is 9.10. The Labute approximate surface area is 90.7 Å². The standard InChI is InChI=1S/C11H19N3O/c1-8-4-5-10(6-12)11(13-8)14(3)9(2)7-15/h4-5,9,15H,6-7,12H2,1-3H3. The van der Waals surface area contributed by atoms with E-state index in [1.165, 1.54) is 0 Å². The summed E-state index contributed by atoms with van der Waals surface area (Å²) in [7, 11) is 1.92. The largest absolute Gasteiger partial charge is 0.394 e. The first-order chi connectivity index (χ1) is 7.10. The number of anilines is 1. The monoisotopic (exact) mass is 209 g/mol. The maximum atomic E-state index is 9.10. The molecule has 1 aromatic heterocycles. The van der Waals surface area contributed by atoms with Gasteiger partial charge in [0.2, 0.25) is 0 Å². The van der Waals surface area contributed by atoms with E-state index >= 15 is 0 Å². The van der Waals surface area contributed by atoms with Gasteiger partial charge in [-0.3, -0.25) is 0 Å². The van der Waals surface area contributed by atoms with Gasteiger partial charge in [-0.05, 0) is 19.9 Å². The van der Waals surface area contributed by atoms with Crippen LogP contribution in [0.3, 0.4) is 0 Å². The van der Waals surface area contributed by atoms with Crippen molar-refractivity contribution in [1.29, 1.82) is 0 Å². The number of pyridine rings is 1. The third-order valence-electron chi connectivity index (χ3n) is 2.57. The molecule has 0 aromatic carbocycles. The summed E-state index contributed by atoms with van der Waals surface area (Å²) >= 11 is 0. The topological polar surface area (TPSA) is 62.4 Å². The van der Waals surface area contributed by atoms with Gasteiger partial charge in [0.05, 0.1) is 12.6 Å². The first-order valence-electron chi connectivity index (χ1n) is 5.10. The van der Waals surface area contributed by atoms with Crippen molar-refractivity contribution >= 4 is 5.82 Å². The van der Waals surface area contributed by atoms with E-state index in [4.69, 9.17) is 10.8 Å². The van der Waals surface area contributed by atoms with Crippen LogP contribution < -0.4 is 10.6 Å². The number of rotatable bonds is 4. The number of hydrogen-bond acceptors (Lipinski definition) is 4. The fourth-order valence-electron chi connectivity index (χ4n) is 1.37. The van der Waals surface area contributed by atoms with Crippen LogP contribution in [-0.4, -0.2) is 29.8 Å². The Morgan fingerprint density at radius 3 is 2.73 bits per heavy atom. The third-order valence-corrected chi connectivity index (χ3v) is 2.57. The first kappa shape index (κ1) is 11.9. The Hall–Kier alpha value is -1.13. The van der Waals surface area contributed by atoms with E-state index in [0.717, 1.165) is 17.1 Å². The quantitative estimate of drug-likeness (QED) is 0.765. The Balaban J connectivity index is 3.05. The zero-order valence-corrected chi connectivity index (χ0v) is 9.57. The van der Waals surface area contributed by atoms with Gasteiger partial charge < -0.3 is 15.7 Å². The Morgan fingerprint density at radius 2 is 2.20 bits per heavy atom. The Morgan fingerprint density at radius 1 is 1.53 bits per heavy atom. The number of likely N-dealkylation sites (N-methyl/N-ethyl adjacent to an activating group) is 1. The average molecular weight is 209 g/mol. The number of aliphatic hydroxyl groups excluding tert-OH is 1. The smallest absolute Gasteiger partial charge is 0.133 e. The van der Waals surface area contributed by atoms with Crippen LogP contribution in [0.1, 0.15) is 18.2 Å². The lowest BCUT2D eigenvalue weighted by Gasteiger charge is -2.26. The zero-order valence-electron chi connectivity index (χ0n) is 9.57. The lowest BCUT2D eigenvalue weighted by atomic mass is 10.2. The molecule has 4 nitrogen and oxygen atoms in total.